The lowest BCUT2D eigenvalue weighted by Gasteiger charge is -2.36. The summed E-state index contributed by atoms with van der Waals surface area (Å²) >= 11 is 0. The van der Waals surface area contributed by atoms with Crippen LogP contribution in [0.4, 0.5) is 17.5 Å². The van der Waals surface area contributed by atoms with E-state index in [-0.39, 0.29) is 18.2 Å². The van der Waals surface area contributed by atoms with Crippen molar-refractivity contribution in [1.29, 1.82) is 0 Å². The molecule has 1 aliphatic carbocycles. The predicted octanol–water partition coefficient (Wildman–Crippen LogP) is 1.46. The van der Waals surface area contributed by atoms with Gasteiger partial charge in [0.1, 0.15) is 17.5 Å². The van der Waals surface area contributed by atoms with Gasteiger partial charge in [-0.1, -0.05) is 6.07 Å². The molecule has 0 spiro atoms. The van der Waals surface area contributed by atoms with Crippen molar-refractivity contribution in [3.05, 3.63) is 47.8 Å². The third-order valence-corrected chi connectivity index (χ3v) is 6.22. The van der Waals surface area contributed by atoms with Gasteiger partial charge in [0.15, 0.2) is 5.65 Å². The Hall–Kier alpha value is -3.95. The maximum atomic E-state index is 12.1. The molecule has 1 saturated carbocycles. The van der Waals surface area contributed by atoms with Gasteiger partial charge in [0.2, 0.25) is 5.91 Å². The Balaban J connectivity index is 1.32. The van der Waals surface area contributed by atoms with Gasteiger partial charge in [-0.15, -0.1) is 0 Å². The Morgan fingerprint density at radius 2 is 1.85 bits per heavy atom. The normalized spacial score (nSPS) is 20.1. The van der Waals surface area contributed by atoms with E-state index < -0.39 is 0 Å². The van der Waals surface area contributed by atoms with Crippen LogP contribution in [0.15, 0.2) is 42.2 Å². The SMILES string of the molecule is O=C1C/C(=C\c2cnn3c(NC4CC4)cc(N4CCN(c5ccccn5)CC4)nc23)C(=O)N1. The zero-order valence-corrected chi connectivity index (χ0v) is 18.1. The number of nitrogens with zero attached hydrogens (tertiary/aromatic N) is 6. The van der Waals surface area contributed by atoms with Crippen LogP contribution in [0.5, 0.6) is 0 Å². The van der Waals surface area contributed by atoms with Gasteiger partial charge < -0.3 is 15.1 Å². The van der Waals surface area contributed by atoms with E-state index in [9.17, 15) is 9.59 Å². The lowest BCUT2D eigenvalue weighted by Crippen LogP contribution is -2.47. The van der Waals surface area contributed by atoms with Crippen molar-refractivity contribution in [3.8, 4) is 0 Å². The van der Waals surface area contributed by atoms with E-state index >= 15 is 0 Å². The smallest absolute Gasteiger partial charge is 0.254 e. The third-order valence-electron chi connectivity index (χ3n) is 6.22. The molecule has 10 heteroatoms. The maximum absolute atomic E-state index is 12.1. The zero-order valence-electron chi connectivity index (χ0n) is 18.1. The molecule has 2 amide bonds. The molecule has 0 atom stereocenters. The minimum atomic E-state index is -0.350. The van der Waals surface area contributed by atoms with Crippen LogP contribution in [0.25, 0.3) is 11.7 Å². The molecule has 5 heterocycles. The number of hydrogen-bond acceptors (Lipinski definition) is 8. The summed E-state index contributed by atoms with van der Waals surface area (Å²) in [6.07, 6.45) is 7.61. The fraction of sp³-hybridized carbons (Fsp3) is 0.348. The highest BCUT2D eigenvalue weighted by molar-refractivity contribution is 6.15. The monoisotopic (exact) mass is 444 g/mol. The summed E-state index contributed by atoms with van der Waals surface area (Å²) in [5, 5.41) is 10.4. The van der Waals surface area contributed by atoms with Crippen molar-refractivity contribution in [2.24, 2.45) is 0 Å². The van der Waals surface area contributed by atoms with Crippen LogP contribution in [0, 0.1) is 0 Å². The van der Waals surface area contributed by atoms with E-state index in [4.69, 9.17) is 4.98 Å². The number of amides is 2. The average molecular weight is 444 g/mol. The van der Waals surface area contributed by atoms with Crippen LogP contribution < -0.4 is 20.4 Å². The highest BCUT2D eigenvalue weighted by Gasteiger charge is 2.27. The first-order valence-electron chi connectivity index (χ1n) is 11.2. The summed E-state index contributed by atoms with van der Waals surface area (Å²) < 4.78 is 1.78. The highest BCUT2D eigenvalue weighted by Crippen LogP contribution is 2.29. The molecule has 2 aliphatic heterocycles. The van der Waals surface area contributed by atoms with Gasteiger partial charge in [0, 0.05) is 55.6 Å². The molecular formula is C23H24N8O2. The molecule has 3 aromatic rings. The number of fused-ring (bicyclic) bond motifs is 1. The van der Waals surface area contributed by atoms with Gasteiger partial charge in [0.05, 0.1) is 12.6 Å². The molecule has 2 N–H and O–H groups in total. The number of rotatable bonds is 5. The second-order valence-corrected chi connectivity index (χ2v) is 8.64. The molecule has 33 heavy (non-hydrogen) atoms. The van der Waals surface area contributed by atoms with Crippen molar-refractivity contribution < 1.29 is 9.59 Å². The summed E-state index contributed by atoms with van der Waals surface area (Å²) in [4.78, 5) is 37.6. The summed E-state index contributed by atoms with van der Waals surface area (Å²) in [6, 6.07) is 8.48. The second-order valence-electron chi connectivity index (χ2n) is 8.64. The van der Waals surface area contributed by atoms with E-state index in [0.717, 1.165) is 62.0 Å². The number of aromatic nitrogens is 4. The summed E-state index contributed by atoms with van der Waals surface area (Å²) in [5.74, 6) is 2.13. The molecule has 0 aromatic carbocycles. The summed E-state index contributed by atoms with van der Waals surface area (Å²) in [5.41, 5.74) is 1.83. The lowest BCUT2D eigenvalue weighted by atomic mass is 10.1. The van der Waals surface area contributed by atoms with Gasteiger partial charge in [-0.2, -0.15) is 9.61 Å². The Bertz CT molecular complexity index is 1260. The van der Waals surface area contributed by atoms with Crippen LogP contribution in [0.2, 0.25) is 0 Å². The number of hydrogen-bond donors (Lipinski definition) is 2. The van der Waals surface area contributed by atoms with Crippen molar-refractivity contribution in [3.63, 3.8) is 0 Å². The number of carbonyl (C=O) groups is 2. The largest absolute Gasteiger partial charge is 0.367 e. The molecule has 168 valence electrons. The predicted molar refractivity (Wildman–Crippen MR) is 124 cm³/mol. The topological polar surface area (TPSA) is 108 Å². The average Bonchev–Trinajstić information content (AvgIpc) is 3.47. The van der Waals surface area contributed by atoms with Crippen LogP contribution >= 0.6 is 0 Å². The van der Waals surface area contributed by atoms with Crippen molar-refractivity contribution >= 4 is 41.0 Å². The van der Waals surface area contributed by atoms with Crippen LogP contribution in [-0.2, 0) is 9.59 Å². The quantitative estimate of drug-likeness (QED) is 0.450. The fourth-order valence-electron chi connectivity index (χ4n) is 4.28. The van der Waals surface area contributed by atoms with Gasteiger partial charge in [-0.25, -0.2) is 9.97 Å². The Kier molecular flexibility index (Phi) is 4.70. The van der Waals surface area contributed by atoms with Crippen molar-refractivity contribution in [2.45, 2.75) is 25.3 Å². The van der Waals surface area contributed by atoms with Crippen molar-refractivity contribution in [2.75, 3.05) is 41.3 Å². The molecule has 10 nitrogen and oxygen atoms in total. The lowest BCUT2D eigenvalue weighted by molar-refractivity contribution is -0.124. The summed E-state index contributed by atoms with van der Waals surface area (Å²) in [6.45, 7) is 3.36. The van der Waals surface area contributed by atoms with Gasteiger partial charge in [0.25, 0.3) is 5.91 Å². The van der Waals surface area contributed by atoms with E-state index in [0.29, 0.717) is 17.3 Å². The zero-order chi connectivity index (χ0) is 22.4. The Morgan fingerprint density at radius 3 is 2.52 bits per heavy atom. The Labute approximate surface area is 190 Å². The highest BCUT2D eigenvalue weighted by atomic mass is 16.2. The van der Waals surface area contributed by atoms with Gasteiger partial charge in [-0.3, -0.25) is 14.9 Å². The number of piperazine rings is 1. The van der Waals surface area contributed by atoms with Crippen LogP contribution in [-0.4, -0.2) is 63.6 Å². The molecule has 3 fully saturated rings. The van der Waals surface area contributed by atoms with Gasteiger partial charge in [-0.05, 0) is 31.1 Å². The van der Waals surface area contributed by atoms with E-state index in [1.165, 1.54) is 0 Å². The number of nitrogens with one attached hydrogen (secondary N) is 2. The van der Waals surface area contributed by atoms with Gasteiger partial charge >= 0.3 is 0 Å². The Morgan fingerprint density at radius 1 is 1.06 bits per heavy atom. The second kappa shape index (κ2) is 7.88. The number of imide groups is 1. The minimum absolute atomic E-state index is 0.0819. The van der Waals surface area contributed by atoms with E-state index in [2.05, 4.69) is 36.6 Å². The summed E-state index contributed by atoms with van der Waals surface area (Å²) in [7, 11) is 0. The fourth-order valence-corrected chi connectivity index (χ4v) is 4.28. The van der Waals surface area contributed by atoms with E-state index in [1.807, 2.05) is 24.4 Å². The molecule has 6 rings (SSSR count). The standard InChI is InChI=1S/C23H24N8O2/c32-21-12-15(23(33)28-21)11-16-14-25-31-20(26-17-4-5-17)13-19(27-22(16)31)30-9-7-29(8-10-30)18-3-1-2-6-24-18/h1-3,6,11,13-14,17,26H,4-5,7-10,12H2,(H,28,32,33)/b15-11+. The first kappa shape index (κ1) is 19.7. The third kappa shape index (κ3) is 3.88. The first-order chi connectivity index (χ1) is 16.1. The number of pyridine rings is 1. The first-order valence-corrected chi connectivity index (χ1v) is 11.2. The number of carbonyl (C=O) groups excluding carboxylic acids is 2. The minimum Gasteiger partial charge on any atom is -0.367 e. The molecular weight excluding hydrogens is 420 g/mol. The molecule has 0 radical (unpaired) electrons. The maximum Gasteiger partial charge on any atom is 0.254 e. The van der Waals surface area contributed by atoms with Crippen LogP contribution in [0.3, 0.4) is 0 Å². The molecule has 0 bridgehead atoms. The van der Waals surface area contributed by atoms with Crippen LogP contribution in [0.1, 0.15) is 24.8 Å². The molecule has 0 unspecified atom stereocenters. The van der Waals surface area contributed by atoms with E-state index in [1.54, 1.807) is 16.8 Å². The number of anilines is 3. The molecule has 3 aromatic heterocycles. The molecule has 2 saturated heterocycles. The molecule has 3 aliphatic rings. The van der Waals surface area contributed by atoms with Crippen molar-refractivity contribution in [1.82, 2.24) is 24.9 Å².